The van der Waals surface area contributed by atoms with E-state index in [9.17, 15) is 40.3 Å². The van der Waals surface area contributed by atoms with Crippen LogP contribution in [0.4, 0.5) is 30.7 Å². The van der Waals surface area contributed by atoms with Crippen LogP contribution in [-0.4, -0.2) is 54.5 Å². The Morgan fingerprint density at radius 1 is 1.07 bits per heavy atom. The Morgan fingerprint density at radius 3 is 2.21 bits per heavy atom. The SMILES string of the molecule is CCCC(C(=O)c1ccc2c(c1)OCO2)N(C)C(=O)C(F)(F)C(F)(F)C(F)(F)F. The lowest BCUT2D eigenvalue weighted by Crippen LogP contribution is -2.61. The average molecular weight is 431 g/mol. The highest BCUT2D eigenvalue weighted by Gasteiger charge is 2.77. The van der Waals surface area contributed by atoms with E-state index in [0.29, 0.717) is 12.8 Å². The number of ketones is 1. The molecular formula is C17H16F7NO4. The summed E-state index contributed by atoms with van der Waals surface area (Å²) in [6.07, 6.45) is -6.75. The Bertz CT molecular complexity index is 794. The zero-order valence-corrected chi connectivity index (χ0v) is 15.2. The van der Waals surface area contributed by atoms with Gasteiger partial charge < -0.3 is 14.4 Å². The minimum Gasteiger partial charge on any atom is -0.454 e. The molecule has 1 aromatic carbocycles. The number of carbonyl (C=O) groups excluding carboxylic acids is 2. The van der Waals surface area contributed by atoms with E-state index in [2.05, 4.69) is 0 Å². The lowest BCUT2D eigenvalue weighted by molar-refractivity contribution is -0.345. The van der Waals surface area contributed by atoms with Crippen molar-refractivity contribution in [3.8, 4) is 11.5 Å². The van der Waals surface area contributed by atoms with Crippen molar-refractivity contribution in [3.63, 3.8) is 0 Å². The van der Waals surface area contributed by atoms with Crippen LogP contribution in [0.3, 0.4) is 0 Å². The minimum absolute atomic E-state index is 0.0733. The lowest BCUT2D eigenvalue weighted by Gasteiger charge is -2.33. The van der Waals surface area contributed by atoms with Gasteiger partial charge in [-0.3, -0.25) is 9.59 Å². The summed E-state index contributed by atoms with van der Waals surface area (Å²) in [6.45, 7) is 1.39. The van der Waals surface area contributed by atoms with Crippen LogP contribution in [0.5, 0.6) is 11.5 Å². The smallest absolute Gasteiger partial charge is 0.454 e. The van der Waals surface area contributed by atoms with E-state index in [-0.39, 0.29) is 35.8 Å². The second-order valence-electron chi connectivity index (χ2n) is 6.30. The van der Waals surface area contributed by atoms with Crippen molar-refractivity contribution in [2.45, 2.75) is 43.8 Å². The van der Waals surface area contributed by atoms with Gasteiger partial charge in [-0.1, -0.05) is 13.3 Å². The highest BCUT2D eigenvalue weighted by Crippen LogP contribution is 2.47. The molecule has 1 atom stereocenters. The lowest BCUT2D eigenvalue weighted by atomic mass is 9.97. The van der Waals surface area contributed by atoms with Gasteiger partial charge in [0.2, 0.25) is 6.79 Å². The van der Waals surface area contributed by atoms with Crippen LogP contribution in [0.15, 0.2) is 18.2 Å². The van der Waals surface area contributed by atoms with Crippen LogP contribution in [-0.2, 0) is 4.79 Å². The van der Waals surface area contributed by atoms with Crippen LogP contribution < -0.4 is 9.47 Å². The molecule has 2 rings (SSSR count). The van der Waals surface area contributed by atoms with E-state index in [1.807, 2.05) is 0 Å². The van der Waals surface area contributed by atoms with E-state index in [1.165, 1.54) is 25.1 Å². The zero-order chi connectivity index (χ0) is 22.2. The monoisotopic (exact) mass is 431 g/mol. The molecule has 1 amide bonds. The quantitative estimate of drug-likeness (QED) is 0.483. The summed E-state index contributed by atoms with van der Waals surface area (Å²) in [5.74, 6) is -16.0. The third kappa shape index (κ3) is 3.97. The van der Waals surface area contributed by atoms with Gasteiger partial charge in [0, 0.05) is 12.6 Å². The Hall–Kier alpha value is -2.53. The summed E-state index contributed by atoms with van der Waals surface area (Å²) in [5, 5.41) is 0. The average Bonchev–Trinajstić information content (AvgIpc) is 3.11. The number of amides is 1. The molecule has 0 N–H and O–H groups in total. The van der Waals surface area contributed by atoms with Gasteiger partial charge in [0.15, 0.2) is 17.3 Å². The van der Waals surface area contributed by atoms with Crippen molar-refractivity contribution < 1.29 is 49.8 Å². The molecule has 0 fully saturated rings. The van der Waals surface area contributed by atoms with Gasteiger partial charge in [-0.2, -0.15) is 30.7 Å². The maximum Gasteiger partial charge on any atom is 0.460 e. The molecule has 0 aromatic heterocycles. The molecule has 0 bridgehead atoms. The predicted molar refractivity (Wildman–Crippen MR) is 84.3 cm³/mol. The molecule has 0 radical (unpaired) electrons. The van der Waals surface area contributed by atoms with E-state index < -0.39 is 35.8 Å². The molecule has 0 saturated heterocycles. The maximum absolute atomic E-state index is 13.8. The van der Waals surface area contributed by atoms with Crippen molar-refractivity contribution in [2.24, 2.45) is 0 Å². The minimum atomic E-state index is -6.66. The van der Waals surface area contributed by atoms with Gasteiger partial charge in [0.1, 0.15) is 0 Å². The van der Waals surface area contributed by atoms with Gasteiger partial charge in [-0.25, -0.2) is 0 Å². The molecule has 0 spiro atoms. The fourth-order valence-corrected chi connectivity index (χ4v) is 2.69. The van der Waals surface area contributed by atoms with E-state index in [4.69, 9.17) is 9.47 Å². The first-order chi connectivity index (χ1) is 13.3. The van der Waals surface area contributed by atoms with Crippen molar-refractivity contribution in [3.05, 3.63) is 23.8 Å². The standard InChI is InChI=1S/C17H16F7NO4/c1-3-4-10(13(26)9-5-6-11-12(7-9)29-8-28-11)25(2)14(27)15(18,19)16(20,21)17(22,23)24/h5-7,10H,3-4,8H2,1-2H3. The number of likely N-dealkylation sites (N-methyl/N-ethyl adjacent to an activating group) is 1. The predicted octanol–water partition coefficient (Wildman–Crippen LogP) is 4.06. The van der Waals surface area contributed by atoms with Crippen LogP contribution >= 0.6 is 0 Å². The van der Waals surface area contributed by atoms with Crippen LogP contribution in [0.25, 0.3) is 0 Å². The normalized spacial score (nSPS) is 15.2. The van der Waals surface area contributed by atoms with Crippen molar-refractivity contribution in [1.82, 2.24) is 4.90 Å². The van der Waals surface area contributed by atoms with Crippen LogP contribution in [0, 0.1) is 0 Å². The first-order valence-electron chi connectivity index (χ1n) is 8.29. The van der Waals surface area contributed by atoms with Gasteiger partial charge >= 0.3 is 18.0 Å². The molecule has 0 saturated carbocycles. The molecule has 5 nitrogen and oxygen atoms in total. The Kier molecular flexibility index (Phi) is 6.05. The Balaban J connectivity index is 2.34. The summed E-state index contributed by atoms with van der Waals surface area (Å²) in [6, 6.07) is 2.09. The summed E-state index contributed by atoms with van der Waals surface area (Å²) in [4.78, 5) is 24.5. The molecule has 1 aromatic rings. The molecule has 1 heterocycles. The highest BCUT2D eigenvalue weighted by atomic mass is 19.4. The molecular weight excluding hydrogens is 415 g/mol. The molecule has 1 aliphatic rings. The largest absolute Gasteiger partial charge is 0.460 e. The number of fused-ring (bicyclic) bond motifs is 1. The van der Waals surface area contributed by atoms with Gasteiger partial charge in [-0.05, 0) is 24.6 Å². The van der Waals surface area contributed by atoms with Crippen molar-refractivity contribution >= 4 is 11.7 Å². The molecule has 29 heavy (non-hydrogen) atoms. The molecule has 0 aliphatic carbocycles. The number of rotatable bonds is 7. The number of benzene rings is 1. The van der Waals surface area contributed by atoms with E-state index >= 15 is 0 Å². The summed E-state index contributed by atoms with van der Waals surface area (Å²) in [5.41, 5.74) is -0.113. The summed E-state index contributed by atoms with van der Waals surface area (Å²) < 4.78 is 101. The van der Waals surface area contributed by atoms with Crippen LogP contribution in [0.2, 0.25) is 0 Å². The van der Waals surface area contributed by atoms with Crippen LogP contribution in [0.1, 0.15) is 30.1 Å². The fraction of sp³-hybridized carbons (Fsp3) is 0.529. The molecule has 12 heteroatoms. The molecule has 1 aliphatic heterocycles. The third-order valence-electron chi connectivity index (χ3n) is 4.33. The highest BCUT2D eigenvalue weighted by molar-refractivity contribution is 6.03. The number of ether oxygens (including phenoxy) is 2. The molecule has 162 valence electrons. The number of alkyl halides is 7. The Morgan fingerprint density at radius 2 is 1.66 bits per heavy atom. The van der Waals surface area contributed by atoms with Gasteiger partial charge in [-0.15, -0.1) is 0 Å². The third-order valence-corrected chi connectivity index (χ3v) is 4.33. The zero-order valence-electron chi connectivity index (χ0n) is 15.2. The maximum atomic E-state index is 13.8. The number of nitrogens with zero attached hydrogens (tertiary/aromatic N) is 1. The van der Waals surface area contributed by atoms with E-state index in [1.54, 1.807) is 0 Å². The first kappa shape index (κ1) is 22.8. The van der Waals surface area contributed by atoms with Gasteiger partial charge in [0.25, 0.3) is 5.91 Å². The summed E-state index contributed by atoms with van der Waals surface area (Å²) >= 11 is 0. The van der Waals surface area contributed by atoms with Crippen molar-refractivity contribution in [1.29, 1.82) is 0 Å². The summed E-state index contributed by atoms with van der Waals surface area (Å²) in [7, 11) is 0.577. The van der Waals surface area contributed by atoms with Gasteiger partial charge in [0.05, 0.1) is 6.04 Å². The Labute approximate surface area is 160 Å². The second kappa shape index (κ2) is 7.71. The number of Topliss-reactive ketones (excluding diaryl/α,β-unsaturated/α-hetero) is 1. The molecule has 1 unspecified atom stereocenters. The number of hydrogen-bond donors (Lipinski definition) is 0. The van der Waals surface area contributed by atoms with Crippen molar-refractivity contribution in [2.75, 3.05) is 13.8 Å². The number of carbonyl (C=O) groups is 2. The second-order valence-corrected chi connectivity index (χ2v) is 6.30. The topological polar surface area (TPSA) is 55.8 Å². The first-order valence-corrected chi connectivity index (χ1v) is 8.29. The number of hydrogen-bond acceptors (Lipinski definition) is 4. The van der Waals surface area contributed by atoms with E-state index in [0.717, 1.165) is 0 Å². The fourth-order valence-electron chi connectivity index (χ4n) is 2.69. The number of halogens is 7.